The third-order valence-electron chi connectivity index (χ3n) is 2.88. The maximum Gasteiger partial charge on any atom is 0.175 e. The summed E-state index contributed by atoms with van der Waals surface area (Å²) >= 11 is 0. The van der Waals surface area contributed by atoms with Gasteiger partial charge in [0.1, 0.15) is 0 Å². The number of aromatic nitrogens is 4. The first kappa shape index (κ1) is 12.7. The average Bonchev–Trinajstić information content (AvgIpc) is 2.76. The highest BCUT2D eigenvalue weighted by atomic mass is 15.6. The van der Waals surface area contributed by atoms with Crippen LogP contribution in [0, 0.1) is 5.92 Å². The smallest absolute Gasteiger partial charge is 0.175 e. The summed E-state index contributed by atoms with van der Waals surface area (Å²) in [6.07, 6.45) is 1.88. The van der Waals surface area contributed by atoms with Gasteiger partial charge in [0.2, 0.25) is 0 Å². The van der Waals surface area contributed by atoms with Gasteiger partial charge in [0, 0.05) is 6.42 Å². The number of nitrogens with zero attached hydrogens (tertiary/aromatic N) is 4. The van der Waals surface area contributed by atoms with Crippen molar-refractivity contribution in [3.8, 4) is 0 Å². The Hall–Kier alpha value is -1.75. The second-order valence-corrected chi connectivity index (χ2v) is 4.51. The molecule has 0 aliphatic carbocycles. The van der Waals surface area contributed by atoms with Crippen molar-refractivity contribution in [1.29, 1.82) is 0 Å². The van der Waals surface area contributed by atoms with Gasteiger partial charge >= 0.3 is 0 Å². The van der Waals surface area contributed by atoms with Gasteiger partial charge in [0.25, 0.3) is 0 Å². The molecule has 1 aromatic heterocycles. The van der Waals surface area contributed by atoms with Crippen LogP contribution in [0.25, 0.3) is 0 Å². The molecular weight excluding hydrogens is 226 g/mol. The van der Waals surface area contributed by atoms with E-state index >= 15 is 0 Å². The molecule has 5 nitrogen and oxygen atoms in total. The van der Waals surface area contributed by atoms with Crippen molar-refractivity contribution in [2.45, 2.75) is 12.8 Å². The van der Waals surface area contributed by atoms with Crippen molar-refractivity contribution in [2.75, 3.05) is 13.6 Å². The molecule has 1 N–H and O–H groups in total. The van der Waals surface area contributed by atoms with Crippen molar-refractivity contribution in [3.05, 3.63) is 41.7 Å². The molecule has 1 aromatic carbocycles. The molecular formula is C13H19N5. The van der Waals surface area contributed by atoms with Crippen molar-refractivity contribution in [1.82, 2.24) is 25.5 Å². The third-order valence-corrected chi connectivity index (χ3v) is 2.88. The van der Waals surface area contributed by atoms with Gasteiger partial charge in [-0.1, -0.05) is 30.3 Å². The number of nitrogens with one attached hydrogen (secondary N) is 1. The highest BCUT2D eigenvalue weighted by Crippen LogP contribution is 2.11. The fraction of sp³-hybridized carbons (Fsp3) is 0.462. The predicted octanol–water partition coefficient (Wildman–Crippen LogP) is 0.831. The summed E-state index contributed by atoms with van der Waals surface area (Å²) in [6.45, 7) is 0.952. The highest BCUT2D eigenvalue weighted by molar-refractivity contribution is 5.15. The van der Waals surface area contributed by atoms with Gasteiger partial charge in [-0.25, -0.2) is 0 Å². The second kappa shape index (κ2) is 6.26. The molecule has 0 spiro atoms. The van der Waals surface area contributed by atoms with E-state index in [4.69, 9.17) is 0 Å². The third kappa shape index (κ3) is 3.63. The Morgan fingerprint density at radius 3 is 2.61 bits per heavy atom. The maximum atomic E-state index is 4.24. The van der Waals surface area contributed by atoms with Crippen molar-refractivity contribution in [3.63, 3.8) is 0 Å². The molecule has 96 valence electrons. The Bertz CT molecular complexity index is 465. The molecule has 1 unspecified atom stereocenters. The van der Waals surface area contributed by atoms with Crippen molar-refractivity contribution >= 4 is 0 Å². The van der Waals surface area contributed by atoms with E-state index < -0.39 is 0 Å². The summed E-state index contributed by atoms with van der Waals surface area (Å²) < 4.78 is 0. The zero-order valence-corrected chi connectivity index (χ0v) is 10.9. The van der Waals surface area contributed by atoms with Crippen molar-refractivity contribution < 1.29 is 0 Å². The lowest BCUT2D eigenvalue weighted by Gasteiger charge is -2.14. The Labute approximate surface area is 107 Å². The minimum Gasteiger partial charge on any atom is -0.319 e. The maximum absolute atomic E-state index is 4.24. The van der Waals surface area contributed by atoms with E-state index in [0.29, 0.717) is 5.92 Å². The Balaban J connectivity index is 1.99. The molecule has 18 heavy (non-hydrogen) atoms. The molecule has 0 fully saturated rings. The molecule has 0 saturated heterocycles. The molecule has 0 saturated carbocycles. The highest BCUT2D eigenvalue weighted by Gasteiger charge is 2.13. The molecule has 0 aliphatic heterocycles. The molecule has 0 aliphatic rings. The first-order valence-corrected chi connectivity index (χ1v) is 6.19. The van der Waals surface area contributed by atoms with Gasteiger partial charge < -0.3 is 5.32 Å². The van der Waals surface area contributed by atoms with Gasteiger partial charge in [0.15, 0.2) is 5.82 Å². The molecule has 5 heteroatoms. The fourth-order valence-electron chi connectivity index (χ4n) is 2.12. The average molecular weight is 245 g/mol. The first-order valence-electron chi connectivity index (χ1n) is 6.19. The van der Waals surface area contributed by atoms with Crippen LogP contribution in [-0.4, -0.2) is 33.8 Å². The first-order chi connectivity index (χ1) is 8.78. The summed E-state index contributed by atoms with van der Waals surface area (Å²) in [6, 6.07) is 10.5. The van der Waals surface area contributed by atoms with Crippen LogP contribution < -0.4 is 5.32 Å². The molecule has 0 amide bonds. The van der Waals surface area contributed by atoms with E-state index in [0.717, 1.165) is 25.2 Å². The molecule has 0 bridgehead atoms. The molecule has 2 rings (SSSR count). The summed E-state index contributed by atoms with van der Waals surface area (Å²) in [5, 5.41) is 15.4. The van der Waals surface area contributed by atoms with Crippen LogP contribution in [-0.2, 0) is 19.9 Å². The summed E-state index contributed by atoms with van der Waals surface area (Å²) in [5.41, 5.74) is 1.35. The van der Waals surface area contributed by atoms with Gasteiger partial charge in [-0.15, -0.1) is 10.2 Å². The quantitative estimate of drug-likeness (QED) is 0.819. The van der Waals surface area contributed by atoms with Crippen LogP contribution in [0.4, 0.5) is 0 Å². The van der Waals surface area contributed by atoms with E-state index in [1.54, 1.807) is 7.05 Å². The Morgan fingerprint density at radius 1 is 1.22 bits per heavy atom. The number of hydrogen-bond acceptors (Lipinski definition) is 4. The lowest BCUT2D eigenvalue weighted by molar-refractivity contribution is 0.481. The van der Waals surface area contributed by atoms with Crippen LogP contribution in [0.15, 0.2) is 30.3 Å². The van der Waals surface area contributed by atoms with Crippen LogP contribution in [0.3, 0.4) is 0 Å². The number of tetrazole rings is 1. The summed E-state index contributed by atoms with van der Waals surface area (Å²) in [4.78, 5) is 1.51. The van der Waals surface area contributed by atoms with Crippen LogP contribution in [0.2, 0.25) is 0 Å². The summed E-state index contributed by atoms with van der Waals surface area (Å²) in [5.74, 6) is 1.30. The van der Waals surface area contributed by atoms with Crippen LogP contribution in [0.1, 0.15) is 11.4 Å². The number of hydrogen-bond donors (Lipinski definition) is 1. The normalized spacial score (nSPS) is 12.6. The molecule has 2 aromatic rings. The minimum absolute atomic E-state index is 0.488. The zero-order chi connectivity index (χ0) is 12.8. The van der Waals surface area contributed by atoms with Gasteiger partial charge in [-0.05, 0) is 36.7 Å². The topological polar surface area (TPSA) is 55.6 Å². The molecule has 0 radical (unpaired) electrons. The minimum atomic E-state index is 0.488. The fourth-order valence-corrected chi connectivity index (χ4v) is 2.12. The lowest BCUT2D eigenvalue weighted by atomic mass is 9.96. The second-order valence-electron chi connectivity index (χ2n) is 4.51. The monoisotopic (exact) mass is 245 g/mol. The van der Waals surface area contributed by atoms with E-state index in [-0.39, 0.29) is 0 Å². The largest absolute Gasteiger partial charge is 0.319 e. The molecule has 1 atom stereocenters. The van der Waals surface area contributed by atoms with Gasteiger partial charge in [0.05, 0.1) is 7.05 Å². The van der Waals surface area contributed by atoms with Crippen molar-refractivity contribution in [2.24, 2.45) is 13.0 Å². The van der Waals surface area contributed by atoms with E-state index in [1.807, 2.05) is 13.1 Å². The number of aryl methyl sites for hydroxylation is 1. The number of benzene rings is 1. The van der Waals surface area contributed by atoms with E-state index in [2.05, 4.69) is 45.0 Å². The SMILES string of the molecule is CNCC(Cc1ccccc1)Cc1nnn(C)n1. The summed E-state index contributed by atoms with van der Waals surface area (Å²) in [7, 11) is 3.77. The zero-order valence-electron chi connectivity index (χ0n) is 10.9. The van der Waals surface area contributed by atoms with E-state index in [1.165, 1.54) is 10.4 Å². The van der Waals surface area contributed by atoms with Gasteiger partial charge in [-0.2, -0.15) is 4.80 Å². The van der Waals surface area contributed by atoms with Crippen LogP contribution >= 0.6 is 0 Å². The lowest BCUT2D eigenvalue weighted by Crippen LogP contribution is -2.23. The van der Waals surface area contributed by atoms with E-state index in [9.17, 15) is 0 Å². The van der Waals surface area contributed by atoms with Crippen LogP contribution in [0.5, 0.6) is 0 Å². The Morgan fingerprint density at radius 2 is 2.00 bits per heavy atom. The predicted molar refractivity (Wildman–Crippen MR) is 70.1 cm³/mol. The standard InChI is InChI=1S/C13H19N5/c1-14-10-12(8-11-6-4-3-5-7-11)9-13-15-17-18(2)16-13/h3-7,12,14H,8-10H2,1-2H3. The number of rotatable bonds is 6. The van der Waals surface area contributed by atoms with Gasteiger partial charge in [-0.3, -0.25) is 0 Å². The molecule has 1 heterocycles. The Kier molecular flexibility index (Phi) is 4.41.